The standard InChI is InChI=1S/C22H18N4O2/c1-3-28-22(27)21-24-19-12-14(2)11-17(20(19)25-26-21)18-13-16(9-10-23-18)15-7-5-4-6-8-15/h4-13H,3H2,1-2H3. The van der Waals surface area contributed by atoms with E-state index in [0.717, 1.165) is 27.9 Å². The number of aromatic nitrogens is 4. The van der Waals surface area contributed by atoms with Crippen LogP contribution < -0.4 is 0 Å². The summed E-state index contributed by atoms with van der Waals surface area (Å²) in [4.78, 5) is 20.8. The molecule has 2 aromatic heterocycles. The van der Waals surface area contributed by atoms with Crippen LogP contribution in [-0.2, 0) is 4.74 Å². The van der Waals surface area contributed by atoms with E-state index in [9.17, 15) is 4.79 Å². The van der Waals surface area contributed by atoms with E-state index >= 15 is 0 Å². The van der Waals surface area contributed by atoms with Crippen LogP contribution in [0.3, 0.4) is 0 Å². The van der Waals surface area contributed by atoms with Crippen LogP contribution in [0, 0.1) is 6.92 Å². The number of fused-ring (bicyclic) bond motifs is 1. The van der Waals surface area contributed by atoms with Crippen molar-refractivity contribution < 1.29 is 9.53 Å². The van der Waals surface area contributed by atoms with Crippen LogP contribution in [0.15, 0.2) is 60.8 Å². The molecule has 4 aromatic rings. The molecule has 0 amide bonds. The summed E-state index contributed by atoms with van der Waals surface area (Å²) in [6.45, 7) is 3.96. The summed E-state index contributed by atoms with van der Waals surface area (Å²) in [5.74, 6) is -0.624. The van der Waals surface area contributed by atoms with Gasteiger partial charge in [-0.25, -0.2) is 9.78 Å². The molecule has 2 heterocycles. The second kappa shape index (κ2) is 7.52. The number of esters is 1. The summed E-state index contributed by atoms with van der Waals surface area (Å²) in [7, 11) is 0. The smallest absolute Gasteiger partial charge is 0.378 e. The van der Waals surface area contributed by atoms with Crippen molar-refractivity contribution in [2.75, 3.05) is 6.61 Å². The molecule has 0 unspecified atom stereocenters. The summed E-state index contributed by atoms with van der Waals surface area (Å²) in [5.41, 5.74) is 5.93. The highest BCUT2D eigenvalue weighted by molar-refractivity contribution is 5.93. The SMILES string of the molecule is CCOC(=O)c1nnc2c(-c3cc(-c4ccccc4)ccn3)cc(C)cc2n1. The highest BCUT2D eigenvalue weighted by Crippen LogP contribution is 2.29. The number of aryl methyl sites for hydroxylation is 1. The lowest BCUT2D eigenvalue weighted by Crippen LogP contribution is -2.11. The number of rotatable bonds is 4. The second-order valence-corrected chi connectivity index (χ2v) is 6.33. The topological polar surface area (TPSA) is 77.9 Å². The van der Waals surface area contributed by atoms with Crippen LogP contribution in [0.25, 0.3) is 33.4 Å². The van der Waals surface area contributed by atoms with Gasteiger partial charge in [0.15, 0.2) is 0 Å². The number of nitrogens with zero attached hydrogens (tertiary/aromatic N) is 4. The Bertz CT molecular complexity index is 1160. The van der Waals surface area contributed by atoms with Crippen molar-refractivity contribution in [3.8, 4) is 22.4 Å². The first-order chi connectivity index (χ1) is 13.7. The Labute approximate surface area is 162 Å². The lowest BCUT2D eigenvalue weighted by molar-refractivity contribution is 0.0511. The van der Waals surface area contributed by atoms with Crippen molar-refractivity contribution in [1.82, 2.24) is 20.2 Å². The van der Waals surface area contributed by atoms with Gasteiger partial charge < -0.3 is 4.74 Å². The molecule has 0 N–H and O–H groups in total. The Morgan fingerprint density at radius 1 is 1.00 bits per heavy atom. The fourth-order valence-electron chi connectivity index (χ4n) is 3.05. The van der Waals surface area contributed by atoms with Gasteiger partial charge in [0.1, 0.15) is 5.52 Å². The van der Waals surface area contributed by atoms with Gasteiger partial charge in [-0.05, 0) is 54.8 Å². The minimum atomic E-state index is -0.579. The highest BCUT2D eigenvalue weighted by atomic mass is 16.5. The molecule has 28 heavy (non-hydrogen) atoms. The number of carbonyl (C=O) groups excluding carboxylic acids is 1. The Kier molecular flexibility index (Phi) is 4.76. The van der Waals surface area contributed by atoms with Crippen LogP contribution >= 0.6 is 0 Å². The summed E-state index contributed by atoms with van der Waals surface area (Å²) < 4.78 is 4.97. The predicted molar refractivity (Wildman–Crippen MR) is 107 cm³/mol. The van der Waals surface area contributed by atoms with Gasteiger partial charge in [0.25, 0.3) is 5.82 Å². The van der Waals surface area contributed by atoms with Gasteiger partial charge in [-0.15, -0.1) is 10.2 Å². The summed E-state index contributed by atoms with van der Waals surface area (Å²) >= 11 is 0. The normalized spacial score (nSPS) is 10.8. The third kappa shape index (κ3) is 3.44. The van der Waals surface area contributed by atoms with E-state index in [1.807, 2.05) is 49.4 Å². The number of hydrogen-bond acceptors (Lipinski definition) is 6. The van der Waals surface area contributed by atoms with Gasteiger partial charge >= 0.3 is 5.97 Å². The lowest BCUT2D eigenvalue weighted by atomic mass is 10.0. The Morgan fingerprint density at radius 3 is 2.61 bits per heavy atom. The van der Waals surface area contributed by atoms with Gasteiger partial charge in [-0.3, -0.25) is 4.98 Å². The lowest BCUT2D eigenvalue weighted by Gasteiger charge is -2.09. The second-order valence-electron chi connectivity index (χ2n) is 6.33. The van der Waals surface area contributed by atoms with Crippen molar-refractivity contribution in [3.05, 3.63) is 72.2 Å². The van der Waals surface area contributed by atoms with Gasteiger partial charge in [-0.1, -0.05) is 30.3 Å². The fraction of sp³-hybridized carbons (Fsp3) is 0.136. The van der Waals surface area contributed by atoms with Gasteiger partial charge in [-0.2, -0.15) is 0 Å². The highest BCUT2D eigenvalue weighted by Gasteiger charge is 2.16. The zero-order valence-corrected chi connectivity index (χ0v) is 15.6. The maximum absolute atomic E-state index is 11.9. The van der Waals surface area contributed by atoms with Crippen LogP contribution in [0.4, 0.5) is 0 Å². The number of ether oxygens (including phenoxy) is 1. The first-order valence-electron chi connectivity index (χ1n) is 9.00. The minimum absolute atomic E-state index is 0.0445. The van der Waals surface area contributed by atoms with E-state index < -0.39 is 5.97 Å². The zero-order chi connectivity index (χ0) is 19.5. The first kappa shape index (κ1) is 17.7. The molecule has 6 nitrogen and oxygen atoms in total. The summed E-state index contributed by atoms with van der Waals surface area (Å²) in [5, 5.41) is 8.21. The Hall–Kier alpha value is -3.67. The van der Waals surface area contributed by atoms with Crippen molar-refractivity contribution >= 4 is 17.0 Å². The van der Waals surface area contributed by atoms with Gasteiger partial charge in [0.05, 0.1) is 17.8 Å². The molecule has 138 valence electrons. The van der Waals surface area contributed by atoms with Crippen LogP contribution in [0.2, 0.25) is 0 Å². The van der Waals surface area contributed by atoms with Crippen LogP contribution in [0.1, 0.15) is 23.1 Å². The van der Waals surface area contributed by atoms with Crippen LogP contribution in [-0.4, -0.2) is 32.7 Å². The predicted octanol–water partition coefficient (Wildman–Crippen LogP) is 4.24. The molecular formula is C22H18N4O2. The van der Waals surface area contributed by atoms with Crippen molar-refractivity contribution in [3.63, 3.8) is 0 Å². The molecule has 2 aromatic carbocycles. The van der Waals surface area contributed by atoms with E-state index in [0.29, 0.717) is 11.0 Å². The van der Waals surface area contributed by atoms with Gasteiger partial charge in [0.2, 0.25) is 0 Å². The molecule has 0 spiro atoms. The van der Waals surface area contributed by atoms with Crippen LogP contribution in [0.5, 0.6) is 0 Å². The molecular weight excluding hydrogens is 352 g/mol. The number of benzene rings is 2. The fourth-order valence-corrected chi connectivity index (χ4v) is 3.05. The minimum Gasteiger partial charge on any atom is -0.460 e. The molecule has 0 radical (unpaired) electrons. The van der Waals surface area contributed by atoms with Crippen molar-refractivity contribution in [1.29, 1.82) is 0 Å². The summed E-state index contributed by atoms with van der Waals surface area (Å²) in [6.07, 6.45) is 1.78. The molecule has 0 fully saturated rings. The Morgan fingerprint density at radius 2 is 1.82 bits per heavy atom. The summed E-state index contributed by atoms with van der Waals surface area (Å²) in [6, 6.07) is 18.0. The number of carbonyl (C=O) groups is 1. The van der Waals surface area contributed by atoms with Gasteiger partial charge in [0, 0.05) is 11.8 Å². The maximum atomic E-state index is 11.9. The first-order valence-corrected chi connectivity index (χ1v) is 9.00. The van der Waals surface area contributed by atoms with E-state index in [4.69, 9.17) is 4.74 Å². The van der Waals surface area contributed by atoms with E-state index in [1.54, 1.807) is 13.1 Å². The van der Waals surface area contributed by atoms with E-state index in [2.05, 4.69) is 32.3 Å². The maximum Gasteiger partial charge on any atom is 0.378 e. The number of pyridine rings is 1. The molecule has 6 heteroatoms. The Balaban J connectivity index is 1.84. The zero-order valence-electron chi connectivity index (χ0n) is 15.6. The third-order valence-electron chi connectivity index (χ3n) is 4.31. The third-order valence-corrected chi connectivity index (χ3v) is 4.31. The molecule has 0 aliphatic rings. The number of hydrogen-bond donors (Lipinski definition) is 0. The molecule has 0 aliphatic carbocycles. The van der Waals surface area contributed by atoms with Crippen molar-refractivity contribution in [2.24, 2.45) is 0 Å². The molecule has 0 atom stereocenters. The molecule has 0 aliphatic heterocycles. The largest absolute Gasteiger partial charge is 0.460 e. The average molecular weight is 370 g/mol. The molecule has 0 bridgehead atoms. The molecule has 0 saturated heterocycles. The molecule has 4 rings (SSSR count). The van der Waals surface area contributed by atoms with Crippen molar-refractivity contribution in [2.45, 2.75) is 13.8 Å². The van der Waals surface area contributed by atoms with E-state index in [-0.39, 0.29) is 12.4 Å². The molecule has 0 saturated carbocycles. The van der Waals surface area contributed by atoms with E-state index in [1.165, 1.54) is 0 Å². The monoisotopic (exact) mass is 370 g/mol. The average Bonchev–Trinajstić information content (AvgIpc) is 2.73. The quantitative estimate of drug-likeness (QED) is 0.500.